The van der Waals surface area contributed by atoms with Gasteiger partial charge in [-0.1, -0.05) is 24.8 Å². The van der Waals surface area contributed by atoms with Crippen molar-refractivity contribution < 1.29 is 13.9 Å². The molecule has 0 fully saturated rings. The second-order valence-electron chi connectivity index (χ2n) is 5.58. The van der Waals surface area contributed by atoms with Crippen molar-refractivity contribution in [3.8, 4) is 22.6 Å². The summed E-state index contributed by atoms with van der Waals surface area (Å²) in [6.45, 7) is 6.92. The first-order valence-electron chi connectivity index (χ1n) is 7.57. The van der Waals surface area contributed by atoms with Crippen molar-refractivity contribution >= 4 is 16.7 Å². The highest BCUT2D eigenvalue weighted by Crippen LogP contribution is 2.30. The number of halogens is 2. The first kappa shape index (κ1) is 15.7. The van der Waals surface area contributed by atoms with Crippen LogP contribution in [0.3, 0.4) is 0 Å². The molecule has 0 bridgehead atoms. The summed E-state index contributed by atoms with van der Waals surface area (Å²) < 4.78 is 29.0. The minimum atomic E-state index is -1.06. The first-order chi connectivity index (χ1) is 12.6. The molecule has 0 aliphatic heterocycles. The van der Waals surface area contributed by atoms with Crippen molar-refractivity contribution in [3.63, 3.8) is 0 Å². The molecule has 26 heavy (non-hydrogen) atoms. The van der Waals surface area contributed by atoms with E-state index < -0.39 is 17.4 Å². The number of nitrogens with zero attached hydrogens (tertiary/aromatic N) is 4. The molecule has 0 radical (unpaired) electrons. The SMILES string of the molecule is [C-]#[N+]c1ccc(-c2ccc(-n3ncc4cc(F)c(O)c(F)c43)cc2)cn1. The lowest BCUT2D eigenvalue weighted by atomic mass is 10.1. The van der Waals surface area contributed by atoms with Gasteiger partial charge in [0, 0.05) is 10.9 Å². The third kappa shape index (κ3) is 2.45. The summed E-state index contributed by atoms with van der Waals surface area (Å²) in [5.74, 6) is -2.79. The molecular weight excluding hydrogens is 338 g/mol. The van der Waals surface area contributed by atoms with Gasteiger partial charge < -0.3 is 9.95 Å². The van der Waals surface area contributed by atoms with Gasteiger partial charge in [0.1, 0.15) is 11.7 Å². The highest BCUT2D eigenvalue weighted by molar-refractivity contribution is 5.83. The van der Waals surface area contributed by atoms with Gasteiger partial charge in [-0.05, 0) is 29.8 Å². The van der Waals surface area contributed by atoms with E-state index in [1.54, 1.807) is 42.6 Å². The fourth-order valence-electron chi connectivity index (χ4n) is 2.72. The smallest absolute Gasteiger partial charge is 0.269 e. The van der Waals surface area contributed by atoms with Crippen molar-refractivity contribution in [1.82, 2.24) is 14.8 Å². The van der Waals surface area contributed by atoms with Crippen molar-refractivity contribution in [1.29, 1.82) is 0 Å². The molecule has 0 atom stereocenters. The monoisotopic (exact) mass is 348 g/mol. The second-order valence-corrected chi connectivity index (χ2v) is 5.58. The first-order valence-corrected chi connectivity index (χ1v) is 7.57. The number of aromatic nitrogens is 3. The molecule has 1 N–H and O–H groups in total. The van der Waals surface area contributed by atoms with E-state index in [2.05, 4.69) is 14.9 Å². The molecule has 0 aliphatic rings. The van der Waals surface area contributed by atoms with Crippen molar-refractivity contribution in [2.24, 2.45) is 0 Å². The zero-order chi connectivity index (χ0) is 18.3. The van der Waals surface area contributed by atoms with Crippen LogP contribution in [-0.4, -0.2) is 19.9 Å². The normalized spacial score (nSPS) is 10.8. The molecule has 0 saturated heterocycles. The average Bonchev–Trinajstić information content (AvgIpc) is 3.10. The Morgan fingerprint density at radius 3 is 2.38 bits per heavy atom. The summed E-state index contributed by atoms with van der Waals surface area (Å²) in [7, 11) is 0. The molecule has 2 aromatic heterocycles. The van der Waals surface area contributed by atoms with Gasteiger partial charge >= 0.3 is 0 Å². The summed E-state index contributed by atoms with van der Waals surface area (Å²) in [5, 5.41) is 13.8. The third-order valence-electron chi connectivity index (χ3n) is 4.03. The number of phenols is 1. The van der Waals surface area contributed by atoms with Crippen LogP contribution in [0.1, 0.15) is 0 Å². The van der Waals surface area contributed by atoms with Gasteiger partial charge in [-0.15, -0.1) is 4.98 Å². The quantitative estimate of drug-likeness (QED) is 0.538. The van der Waals surface area contributed by atoms with E-state index >= 15 is 0 Å². The largest absolute Gasteiger partial charge is 0.503 e. The molecule has 126 valence electrons. The van der Waals surface area contributed by atoms with Crippen LogP contribution in [0, 0.1) is 18.2 Å². The average molecular weight is 348 g/mol. The molecule has 0 unspecified atom stereocenters. The molecule has 0 aliphatic carbocycles. The summed E-state index contributed by atoms with van der Waals surface area (Å²) >= 11 is 0. The van der Waals surface area contributed by atoms with E-state index in [0.29, 0.717) is 11.5 Å². The lowest BCUT2D eigenvalue weighted by Crippen LogP contribution is -1.98. The second kappa shape index (κ2) is 5.93. The third-order valence-corrected chi connectivity index (χ3v) is 4.03. The Morgan fingerprint density at radius 1 is 1.00 bits per heavy atom. The lowest BCUT2D eigenvalue weighted by molar-refractivity contribution is 0.399. The van der Waals surface area contributed by atoms with Gasteiger partial charge in [0.25, 0.3) is 5.82 Å². The molecular formula is C19H10F2N4O. The Balaban J connectivity index is 1.77. The maximum atomic E-state index is 14.3. The van der Waals surface area contributed by atoms with Crippen molar-refractivity contribution in [3.05, 3.63) is 77.9 Å². The number of hydrogen-bond acceptors (Lipinski definition) is 3. The van der Waals surface area contributed by atoms with Crippen molar-refractivity contribution in [2.75, 3.05) is 0 Å². The highest BCUT2D eigenvalue weighted by atomic mass is 19.1. The fourth-order valence-corrected chi connectivity index (χ4v) is 2.72. The topological polar surface area (TPSA) is 55.3 Å². The van der Waals surface area contributed by atoms with Gasteiger partial charge in [0.2, 0.25) is 0 Å². The van der Waals surface area contributed by atoms with Gasteiger partial charge in [0.15, 0.2) is 17.4 Å². The van der Waals surface area contributed by atoms with Gasteiger partial charge in [0.05, 0.1) is 11.9 Å². The van der Waals surface area contributed by atoms with E-state index in [-0.39, 0.29) is 10.9 Å². The zero-order valence-electron chi connectivity index (χ0n) is 13.2. The zero-order valence-corrected chi connectivity index (χ0v) is 13.2. The van der Waals surface area contributed by atoms with Gasteiger partial charge in [-0.25, -0.2) is 13.5 Å². The minimum Gasteiger partial charge on any atom is -0.503 e. The molecule has 0 spiro atoms. The van der Waals surface area contributed by atoms with Crippen LogP contribution >= 0.6 is 0 Å². The number of aromatic hydroxyl groups is 1. The molecule has 0 saturated carbocycles. The molecule has 2 aromatic carbocycles. The van der Waals surface area contributed by atoms with E-state index in [4.69, 9.17) is 6.57 Å². The number of pyridine rings is 1. The Morgan fingerprint density at radius 2 is 1.73 bits per heavy atom. The van der Waals surface area contributed by atoms with Gasteiger partial charge in [-0.3, -0.25) is 0 Å². The van der Waals surface area contributed by atoms with Crippen LogP contribution in [0.5, 0.6) is 5.75 Å². The fraction of sp³-hybridized carbons (Fsp3) is 0. The number of fused-ring (bicyclic) bond motifs is 1. The molecule has 2 heterocycles. The molecule has 0 amide bonds. The summed E-state index contributed by atoms with van der Waals surface area (Å²) in [5.41, 5.74) is 2.25. The molecule has 4 aromatic rings. The number of rotatable bonds is 2. The molecule has 5 nitrogen and oxygen atoms in total. The minimum absolute atomic E-state index is 0.000253. The summed E-state index contributed by atoms with van der Waals surface area (Å²) in [6, 6.07) is 11.5. The summed E-state index contributed by atoms with van der Waals surface area (Å²) in [4.78, 5) is 7.28. The van der Waals surface area contributed by atoms with Crippen LogP contribution in [0.15, 0.2) is 54.9 Å². The Labute approximate surface area is 146 Å². The molecule has 7 heteroatoms. The Bertz CT molecular complexity index is 1160. The molecule has 4 rings (SSSR count). The maximum Gasteiger partial charge on any atom is 0.269 e. The van der Waals surface area contributed by atoms with Crippen LogP contribution in [0.2, 0.25) is 0 Å². The maximum absolute atomic E-state index is 14.3. The highest BCUT2D eigenvalue weighted by Gasteiger charge is 2.17. The Kier molecular flexibility index (Phi) is 3.59. The van der Waals surface area contributed by atoms with E-state index in [1.165, 1.54) is 10.9 Å². The predicted molar refractivity (Wildman–Crippen MR) is 92.1 cm³/mol. The van der Waals surface area contributed by atoms with Crippen LogP contribution < -0.4 is 0 Å². The summed E-state index contributed by atoms with van der Waals surface area (Å²) in [6.07, 6.45) is 2.94. The number of hydrogen-bond donors (Lipinski definition) is 1. The van der Waals surface area contributed by atoms with Crippen LogP contribution in [0.25, 0.3) is 32.6 Å². The number of benzene rings is 2. The van der Waals surface area contributed by atoms with E-state index in [0.717, 1.165) is 17.2 Å². The van der Waals surface area contributed by atoms with Gasteiger partial charge in [-0.2, -0.15) is 5.10 Å². The van der Waals surface area contributed by atoms with E-state index in [1.807, 2.05) is 0 Å². The van der Waals surface area contributed by atoms with E-state index in [9.17, 15) is 13.9 Å². The van der Waals surface area contributed by atoms with Crippen molar-refractivity contribution in [2.45, 2.75) is 0 Å². The van der Waals surface area contributed by atoms with Crippen LogP contribution in [-0.2, 0) is 0 Å². The van der Waals surface area contributed by atoms with Crippen LogP contribution in [0.4, 0.5) is 14.6 Å². The number of phenolic OH excluding ortho intramolecular Hbond substituents is 1. The predicted octanol–water partition coefficient (Wildman–Crippen LogP) is 4.62. The Hall–Kier alpha value is -3.79. The lowest BCUT2D eigenvalue weighted by Gasteiger charge is -2.07. The standard InChI is InChI=1S/C19H10F2N4O/c1-22-16-7-4-12(9-23-16)11-2-5-14(6-3-11)25-18-13(10-24-25)8-15(20)19(26)17(18)21/h2-10,26H.